The number of aliphatic hydroxyl groups excluding tert-OH is 1. The SMILES string of the molecule is CC(C)C[C@H](NC(=O)[C@H](CC(N)=O)NC(=O)[C@H](CCC(=O)O)NC(=O)[C@H](CC(C)C)NC(=O)[C@@H](N)CC(=O)O)C(=O)N[C@@H](Cc1ccc(O)cc1)C(=O)N[C@@H](Cc1ccccc1)C(=O)N[C@@H](CCC(N)=O)C(=O)NCCO. The number of carboxylic acid groups (broad SMARTS) is 2. The van der Waals surface area contributed by atoms with Crippen LogP contribution in [0.3, 0.4) is 0 Å². The van der Waals surface area contributed by atoms with E-state index in [1.807, 2.05) is 0 Å². The third-order valence-electron chi connectivity index (χ3n) is 11.4. The molecule has 0 aliphatic rings. The van der Waals surface area contributed by atoms with Crippen molar-refractivity contribution in [2.75, 3.05) is 13.2 Å². The fourth-order valence-corrected chi connectivity index (χ4v) is 7.54. The number of hydrogen-bond acceptors (Lipinski definition) is 15. The highest BCUT2D eigenvalue weighted by Gasteiger charge is 2.36. The molecular weight excluding hydrogens is 1010 g/mol. The number of nitrogens with two attached hydrogens (primary N) is 3. The van der Waals surface area contributed by atoms with Gasteiger partial charge in [0.15, 0.2) is 0 Å². The number of carbonyl (C=O) groups is 12. The van der Waals surface area contributed by atoms with Gasteiger partial charge in [-0.1, -0.05) is 70.2 Å². The van der Waals surface area contributed by atoms with Gasteiger partial charge < -0.3 is 80.2 Å². The van der Waals surface area contributed by atoms with Gasteiger partial charge in [-0.2, -0.15) is 0 Å². The first-order valence-electron chi connectivity index (χ1n) is 24.8. The molecule has 27 nitrogen and oxygen atoms in total. The van der Waals surface area contributed by atoms with E-state index in [2.05, 4.69) is 42.5 Å². The Kier molecular flexibility index (Phi) is 27.8. The quantitative estimate of drug-likeness (QED) is 0.0320. The normalized spacial score (nSPS) is 14.1. The zero-order valence-electron chi connectivity index (χ0n) is 43.4. The van der Waals surface area contributed by atoms with E-state index < -0.39 is 152 Å². The van der Waals surface area contributed by atoms with E-state index in [1.165, 1.54) is 24.3 Å². The van der Waals surface area contributed by atoms with Gasteiger partial charge in [-0.15, -0.1) is 0 Å². The van der Waals surface area contributed by atoms with Gasteiger partial charge in [-0.25, -0.2) is 0 Å². The Morgan fingerprint density at radius 2 is 0.870 bits per heavy atom. The second-order valence-corrected chi connectivity index (χ2v) is 19.1. The molecule has 424 valence electrons. The van der Waals surface area contributed by atoms with Gasteiger partial charge in [0.2, 0.25) is 59.1 Å². The van der Waals surface area contributed by atoms with Crippen LogP contribution in [0.25, 0.3) is 0 Å². The van der Waals surface area contributed by atoms with Crippen molar-refractivity contribution >= 4 is 71.0 Å². The average molecular weight is 1080 g/mol. The van der Waals surface area contributed by atoms with Crippen LogP contribution in [0.1, 0.15) is 90.2 Å². The number of aliphatic carboxylic acids is 2. The summed E-state index contributed by atoms with van der Waals surface area (Å²) in [6, 6.07) is 1.54. The molecule has 0 saturated carbocycles. The van der Waals surface area contributed by atoms with Gasteiger partial charge in [0.25, 0.3) is 0 Å². The maximum atomic E-state index is 14.5. The molecule has 27 heteroatoms. The molecule has 0 aliphatic carbocycles. The van der Waals surface area contributed by atoms with Crippen molar-refractivity contribution in [3.05, 3.63) is 65.7 Å². The summed E-state index contributed by atoms with van der Waals surface area (Å²) in [6.07, 6.45) is -4.11. The number of rotatable bonds is 35. The lowest BCUT2D eigenvalue weighted by Crippen LogP contribution is -2.61. The van der Waals surface area contributed by atoms with Crippen LogP contribution < -0.4 is 59.7 Å². The molecule has 0 radical (unpaired) electrons. The van der Waals surface area contributed by atoms with Crippen molar-refractivity contribution in [3.8, 4) is 5.75 Å². The lowest BCUT2D eigenvalue weighted by atomic mass is 9.99. The molecule has 0 fully saturated rings. The maximum Gasteiger partial charge on any atom is 0.305 e. The summed E-state index contributed by atoms with van der Waals surface area (Å²) < 4.78 is 0. The Labute approximate surface area is 444 Å². The highest BCUT2D eigenvalue weighted by Crippen LogP contribution is 2.15. The van der Waals surface area contributed by atoms with Crippen LogP contribution in [0.15, 0.2) is 54.6 Å². The van der Waals surface area contributed by atoms with Crippen LogP contribution in [-0.4, -0.2) is 153 Å². The third-order valence-corrected chi connectivity index (χ3v) is 11.4. The summed E-state index contributed by atoms with van der Waals surface area (Å²) in [6.45, 7) is 6.13. The number of phenols is 1. The van der Waals surface area contributed by atoms with Crippen LogP contribution >= 0.6 is 0 Å². The van der Waals surface area contributed by atoms with E-state index in [9.17, 15) is 72.9 Å². The fraction of sp³-hybridized carbons (Fsp3) is 0.520. The topological polar surface area (TPSA) is 460 Å². The molecule has 0 aliphatic heterocycles. The van der Waals surface area contributed by atoms with Crippen molar-refractivity contribution in [3.63, 3.8) is 0 Å². The Hall–Kier alpha value is -8.20. The second-order valence-electron chi connectivity index (χ2n) is 19.1. The summed E-state index contributed by atoms with van der Waals surface area (Å²) in [4.78, 5) is 157. The lowest BCUT2D eigenvalue weighted by molar-refractivity contribution is -0.140. The molecule has 18 N–H and O–H groups in total. The number of amides is 10. The number of nitrogens with one attached hydrogen (secondary N) is 8. The average Bonchev–Trinajstić information content (AvgIpc) is 3.34. The van der Waals surface area contributed by atoms with Crippen molar-refractivity contribution in [2.24, 2.45) is 29.0 Å². The summed E-state index contributed by atoms with van der Waals surface area (Å²) in [5, 5.41) is 57.5. The molecule has 2 aromatic carbocycles. The number of primary amides is 2. The predicted octanol–water partition coefficient (Wildman–Crippen LogP) is -3.42. The number of aliphatic hydroxyl groups is 1. The molecule has 2 aromatic rings. The highest BCUT2D eigenvalue weighted by molar-refractivity contribution is 5.99. The van der Waals surface area contributed by atoms with Gasteiger partial charge in [0, 0.05) is 32.2 Å². The Bertz CT molecular complexity index is 2370. The zero-order chi connectivity index (χ0) is 57.9. The largest absolute Gasteiger partial charge is 0.508 e. The van der Waals surface area contributed by atoms with Gasteiger partial charge in [0.1, 0.15) is 48.0 Å². The van der Waals surface area contributed by atoms with Gasteiger partial charge in [-0.05, 0) is 60.8 Å². The monoisotopic (exact) mass is 1080 g/mol. The molecular formula is C50H73N11O16. The molecule has 0 aromatic heterocycles. The number of carboxylic acids is 2. The van der Waals surface area contributed by atoms with Crippen LogP contribution in [0.4, 0.5) is 0 Å². The molecule has 10 amide bonds. The minimum Gasteiger partial charge on any atom is -0.508 e. The smallest absolute Gasteiger partial charge is 0.305 e. The lowest BCUT2D eigenvalue weighted by Gasteiger charge is -2.28. The first kappa shape index (κ1) is 64.9. The molecule has 0 saturated heterocycles. The van der Waals surface area contributed by atoms with Gasteiger partial charge in [0.05, 0.1) is 25.5 Å². The van der Waals surface area contributed by atoms with E-state index in [0.717, 1.165) is 0 Å². The Balaban J connectivity index is 2.54. The molecule has 77 heavy (non-hydrogen) atoms. The van der Waals surface area contributed by atoms with Crippen LogP contribution in [0.5, 0.6) is 5.75 Å². The van der Waals surface area contributed by atoms with E-state index in [1.54, 1.807) is 58.0 Å². The summed E-state index contributed by atoms with van der Waals surface area (Å²) in [5.74, 6) is -13.4. The summed E-state index contributed by atoms with van der Waals surface area (Å²) in [7, 11) is 0. The van der Waals surface area contributed by atoms with Crippen molar-refractivity contribution in [1.82, 2.24) is 42.5 Å². The van der Waals surface area contributed by atoms with Gasteiger partial charge in [-0.3, -0.25) is 57.5 Å². The summed E-state index contributed by atoms with van der Waals surface area (Å²) >= 11 is 0. The number of phenolic OH excluding ortho intramolecular Hbond substituents is 1. The molecule has 2 rings (SSSR count). The Morgan fingerprint density at radius 1 is 0.468 bits per heavy atom. The number of benzene rings is 2. The number of hydrogen-bond donors (Lipinski definition) is 15. The van der Waals surface area contributed by atoms with Crippen LogP contribution in [0.2, 0.25) is 0 Å². The second kappa shape index (κ2) is 33.0. The highest BCUT2D eigenvalue weighted by atomic mass is 16.4. The minimum atomic E-state index is -1.86. The standard InChI is InChI=1S/C50H73N11O16/c1-26(2)20-34(57-43(70)31(51)24-42(68)69)46(73)56-33(15-17-41(66)67)45(72)61-38(25-40(53)65)50(77)58-35(21-27(3)4)47(74)59-37(23-29-10-12-30(63)13-11-29)49(76)60-36(22-28-8-6-5-7-9-28)48(75)55-32(14-16-39(52)64)44(71)54-18-19-62/h5-13,26-27,31-38,62-63H,14-25,51H2,1-4H3,(H2,52,64)(H2,53,65)(H,54,71)(H,55,75)(H,56,73)(H,57,70)(H,58,77)(H,59,74)(H,60,76)(H,61,72)(H,66,67)(H,68,69)/t31-,32-,33-,34-,35-,36-,37-,38-/m0/s1. The first-order chi connectivity index (χ1) is 36.2. The van der Waals surface area contributed by atoms with Crippen LogP contribution in [0, 0.1) is 11.8 Å². The molecule has 0 unspecified atom stereocenters. The van der Waals surface area contributed by atoms with Gasteiger partial charge >= 0.3 is 11.9 Å². The first-order valence-corrected chi connectivity index (χ1v) is 24.8. The molecule has 0 spiro atoms. The number of aromatic hydroxyl groups is 1. The van der Waals surface area contributed by atoms with Crippen molar-refractivity contribution in [1.29, 1.82) is 0 Å². The molecule has 8 atom stereocenters. The zero-order valence-corrected chi connectivity index (χ0v) is 43.4. The predicted molar refractivity (Wildman–Crippen MR) is 274 cm³/mol. The van der Waals surface area contributed by atoms with E-state index in [0.29, 0.717) is 11.1 Å². The minimum absolute atomic E-state index is 0.0510. The number of carbonyl (C=O) groups excluding carboxylic acids is 10. The van der Waals surface area contributed by atoms with E-state index in [-0.39, 0.29) is 62.7 Å². The van der Waals surface area contributed by atoms with Crippen LogP contribution in [-0.2, 0) is 70.4 Å². The van der Waals surface area contributed by atoms with Crippen molar-refractivity contribution in [2.45, 2.75) is 140 Å². The van der Waals surface area contributed by atoms with Crippen molar-refractivity contribution < 1.29 is 78.0 Å². The fourth-order valence-electron chi connectivity index (χ4n) is 7.54. The van der Waals surface area contributed by atoms with E-state index in [4.69, 9.17) is 22.3 Å². The summed E-state index contributed by atoms with van der Waals surface area (Å²) in [5.41, 5.74) is 17.4. The Morgan fingerprint density at radius 3 is 1.32 bits per heavy atom. The van der Waals surface area contributed by atoms with E-state index >= 15 is 0 Å². The third kappa shape index (κ3) is 25.3. The maximum absolute atomic E-state index is 14.5. The molecule has 0 bridgehead atoms. The molecule has 0 heterocycles.